The second-order valence-electron chi connectivity index (χ2n) is 4.23. The highest BCUT2D eigenvalue weighted by Gasteiger charge is 2.22. The number of nitrogen functional groups attached to an aromatic ring is 1. The first kappa shape index (κ1) is 10.7. The fourth-order valence-corrected chi connectivity index (χ4v) is 1.25. The van der Waals surface area contributed by atoms with E-state index < -0.39 is 0 Å². The fourth-order valence-electron chi connectivity index (χ4n) is 1.25. The summed E-state index contributed by atoms with van der Waals surface area (Å²) in [4.78, 5) is 11.4. The maximum Gasteiger partial charge on any atom is 0.283 e. The molecular weight excluding hydrogens is 180 g/mol. The molecule has 0 aliphatic carbocycles. The molecule has 14 heavy (non-hydrogen) atoms. The molecule has 1 heterocycles. The van der Waals surface area contributed by atoms with Crippen LogP contribution in [0.4, 0.5) is 0 Å². The molecular formula is C9H16N4O. The van der Waals surface area contributed by atoms with Crippen LogP contribution in [0.25, 0.3) is 0 Å². The van der Waals surface area contributed by atoms with Crippen LogP contribution in [0.15, 0.2) is 6.07 Å². The van der Waals surface area contributed by atoms with Crippen molar-refractivity contribution in [3.05, 3.63) is 17.5 Å². The highest BCUT2D eigenvalue weighted by molar-refractivity contribution is 5.92. The van der Waals surface area contributed by atoms with Gasteiger partial charge in [-0.05, 0) is 33.8 Å². The second-order valence-corrected chi connectivity index (χ2v) is 4.23. The Kier molecular flexibility index (Phi) is 2.62. The average molecular weight is 196 g/mol. The summed E-state index contributed by atoms with van der Waals surface area (Å²) in [7, 11) is 0. The lowest BCUT2D eigenvalue weighted by molar-refractivity contribution is 0.0935. The topological polar surface area (TPSA) is 72.9 Å². The number of amides is 1. The summed E-state index contributed by atoms with van der Waals surface area (Å²) in [5, 5.41) is 4.25. The number of aromatic nitrogens is 2. The summed E-state index contributed by atoms with van der Waals surface area (Å²) in [5.74, 6) is 4.77. The first-order valence-electron chi connectivity index (χ1n) is 4.44. The molecule has 5 nitrogen and oxygen atoms in total. The maximum absolute atomic E-state index is 11.4. The van der Waals surface area contributed by atoms with Crippen LogP contribution in [0.1, 0.15) is 37.0 Å². The SMILES string of the molecule is Cc1cc(C(=O)NN)n(C(C)(C)C)n1. The van der Waals surface area contributed by atoms with Gasteiger partial charge in [0.2, 0.25) is 0 Å². The van der Waals surface area contributed by atoms with Gasteiger partial charge in [0.1, 0.15) is 5.69 Å². The van der Waals surface area contributed by atoms with Crippen molar-refractivity contribution in [2.45, 2.75) is 33.2 Å². The molecule has 0 fully saturated rings. The molecule has 0 saturated heterocycles. The highest BCUT2D eigenvalue weighted by Crippen LogP contribution is 2.16. The normalized spacial score (nSPS) is 11.5. The van der Waals surface area contributed by atoms with Gasteiger partial charge < -0.3 is 0 Å². The van der Waals surface area contributed by atoms with Crippen LogP contribution < -0.4 is 11.3 Å². The minimum atomic E-state index is -0.319. The summed E-state index contributed by atoms with van der Waals surface area (Å²) in [6.45, 7) is 7.78. The van der Waals surface area contributed by atoms with Crippen LogP contribution in [-0.2, 0) is 5.54 Å². The molecule has 5 heteroatoms. The number of nitrogens with zero attached hydrogens (tertiary/aromatic N) is 2. The smallest absolute Gasteiger partial charge is 0.283 e. The summed E-state index contributed by atoms with van der Waals surface area (Å²) >= 11 is 0. The zero-order valence-electron chi connectivity index (χ0n) is 8.96. The lowest BCUT2D eigenvalue weighted by Gasteiger charge is -2.21. The molecule has 78 valence electrons. The van der Waals surface area contributed by atoms with Crippen LogP contribution in [-0.4, -0.2) is 15.7 Å². The number of nitrogens with two attached hydrogens (primary N) is 1. The molecule has 1 aromatic heterocycles. The number of hydrogen-bond acceptors (Lipinski definition) is 3. The van der Waals surface area contributed by atoms with E-state index in [0.29, 0.717) is 5.69 Å². The molecule has 3 N–H and O–H groups in total. The van der Waals surface area contributed by atoms with E-state index in [1.807, 2.05) is 27.7 Å². The molecule has 0 bridgehead atoms. The summed E-state index contributed by atoms with van der Waals surface area (Å²) < 4.78 is 1.67. The average Bonchev–Trinajstić information content (AvgIpc) is 2.45. The van der Waals surface area contributed by atoms with Crippen molar-refractivity contribution in [3.8, 4) is 0 Å². The Morgan fingerprint density at radius 2 is 2.14 bits per heavy atom. The van der Waals surface area contributed by atoms with Crippen LogP contribution in [0.5, 0.6) is 0 Å². The van der Waals surface area contributed by atoms with Crippen LogP contribution in [0.3, 0.4) is 0 Å². The first-order chi connectivity index (χ1) is 6.36. The Hall–Kier alpha value is -1.36. The zero-order chi connectivity index (χ0) is 10.9. The van der Waals surface area contributed by atoms with Crippen molar-refractivity contribution < 1.29 is 4.79 Å². The third-order valence-electron chi connectivity index (χ3n) is 1.83. The van der Waals surface area contributed by atoms with Gasteiger partial charge in [0.25, 0.3) is 5.91 Å². The number of hydrogen-bond donors (Lipinski definition) is 2. The molecule has 1 rings (SSSR count). The van der Waals surface area contributed by atoms with Crippen LogP contribution in [0, 0.1) is 6.92 Å². The Bertz CT molecular complexity index is 348. The summed E-state index contributed by atoms with van der Waals surface area (Å²) in [6.07, 6.45) is 0. The van der Waals surface area contributed by atoms with E-state index in [0.717, 1.165) is 5.69 Å². The third kappa shape index (κ3) is 1.93. The van der Waals surface area contributed by atoms with Gasteiger partial charge in [0, 0.05) is 0 Å². The molecule has 0 saturated carbocycles. The van der Waals surface area contributed by atoms with Crippen molar-refractivity contribution in [3.63, 3.8) is 0 Å². The monoisotopic (exact) mass is 196 g/mol. The number of carbonyl (C=O) groups is 1. The van der Waals surface area contributed by atoms with E-state index in [2.05, 4.69) is 10.5 Å². The van der Waals surface area contributed by atoms with Gasteiger partial charge in [0.05, 0.1) is 11.2 Å². The number of hydrazine groups is 1. The summed E-state index contributed by atoms with van der Waals surface area (Å²) in [5.41, 5.74) is 3.17. The summed E-state index contributed by atoms with van der Waals surface area (Å²) in [6, 6.07) is 1.72. The van der Waals surface area contributed by atoms with E-state index in [-0.39, 0.29) is 11.4 Å². The largest absolute Gasteiger partial charge is 0.289 e. The molecule has 0 aliphatic heterocycles. The molecule has 0 atom stereocenters. The van der Waals surface area contributed by atoms with Gasteiger partial charge in [-0.15, -0.1) is 0 Å². The molecule has 0 unspecified atom stereocenters. The van der Waals surface area contributed by atoms with E-state index in [4.69, 9.17) is 5.84 Å². The number of nitrogens with one attached hydrogen (secondary N) is 1. The zero-order valence-corrected chi connectivity index (χ0v) is 8.96. The molecule has 0 aromatic carbocycles. The van der Waals surface area contributed by atoms with E-state index in [1.165, 1.54) is 0 Å². The Morgan fingerprint density at radius 3 is 2.57 bits per heavy atom. The standard InChI is InChI=1S/C9H16N4O/c1-6-5-7(8(14)11-10)13(12-6)9(2,3)4/h5H,10H2,1-4H3,(H,11,14). The Morgan fingerprint density at radius 1 is 1.57 bits per heavy atom. The van der Waals surface area contributed by atoms with Gasteiger partial charge in [0.15, 0.2) is 0 Å². The van der Waals surface area contributed by atoms with Gasteiger partial charge in [-0.2, -0.15) is 5.10 Å². The lowest BCUT2D eigenvalue weighted by atomic mass is 10.1. The van der Waals surface area contributed by atoms with E-state index in [9.17, 15) is 4.79 Å². The number of aryl methyl sites for hydroxylation is 1. The molecule has 0 aliphatic rings. The van der Waals surface area contributed by atoms with Gasteiger partial charge >= 0.3 is 0 Å². The van der Waals surface area contributed by atoms with Gasteiger partial charge in [-0.25, -0.2) is 5.84 Å². The maximum atomic E-state index is 11.4. The Labute approximate surface area is 83.2 Å². The molecule has 0 radical (unpaired) electrons. The molecule has 1 aromatic rings. The van der Waals surface area contributed by atoms with E-state index in [1.54, 1.807) is 10.7 Å². The lowest BCUT2D eigenvalue weighted by Crippen LogP contribution is -2.35. The van der Waals surface area contributed by atoms with Crippen molar-refractivity contribution in [2.24, 2.45) is 5.84 Å². The minimum absolute atomic E-state index is 0.226. The highest BCUT2D eigenvalue weighted by atomic mass is 16.2. The second kappa shape index (κ2) is 3.42. The molecule has 1 amide bonds. The molecule has 0 spiro atoms. The van der Waals surface area contributed by atoms with Gasteiger partial charge in [-0.1, -0.05) is 0 Å². The van der Waals surface area contributed by atoms with Crippen molar-refractivity contribution in [1.29, 1.82) is 0 Å². The van der Waals surface area contributed by atoms with Crippen molar-refractivity contribution >= 4 is 5.91 Å². The third-order valence-corrected chi connectivity index (χ3v) is 1.83. The van der Waals surface area contributed by atoms with Crippen LogP contribution >= 0.6 is 0 Å². The first-order valence-corrected chi connectivity index (χ1v) is 4.44. The number of rotatable bonds is 1. The predicted octanol–water partition coefficient (Wildman–Crippen LogP) is 0.550. The Balaban J connectivity index is 3.23. The van der Waals surface area contributed by atoms with E-state index >= 15 is 0 Å². The fraction of sp³-hybridized carbons (Fsp3) is 0.556. The minimum Gasteiger partial charge on any atom is -0.289 e. The quantitative estimate of drug-likeness (QED) is 0.391. The number of carbonyl (C=O) groups excluding carboxylic acids is 1. The van der Waals surface area contributed by atoms with Crippen molar-refractivity contribution in [1.82, 2.24) is 15.2 Å². The van der Waals surface area contributed by atoms with Gasteiger partial charge in [-0.3, -0.25) is 14.9 Å². The van der Waals surface area contributed by atoms with Crippen LogP contribution in [0.2, 0.25) is 0 Å². The predicted molar refractivity (Wildman–Crippen MR) is 53.6 cm³/mol. The van der Waals surface area contributed by atoms with Crippen molar-refractivity contribution in [2.75, 3.05) is 0 Å².